The number of nitrogens with two attached hydrogens (primary N) is 1. The molecule has 112 valence electrons. The summed E-state index contributed by atoms with van der Waals surface area (Å²) in [7, 11) is -3.64. The molecule has 0 unspecified atom stereocenters. The van der Waals surface area contributed by atoms with Crippen molar-refractivity contribution in [2.45, 2.75) is 31.2 Å². The maximum atomic E-state index is 11.2. The molecule has 2 rings (SSSR count). The van der Waals surface area contributed by atoms with E-state index in [1.165, 1.54) is 18.5 Å². The van der Waals surface area contributed by atoms with E-state index < -0.39 is 10.0 Å². The lowest BCUT2D eigenvalue weighted by Crippen LogP contribution is -2.12. The van der Waals surface area contributed by atoms with Gasteiger partial charge in [0.25, 0.3) is 0 Å². The first kappa shape index (κ1) is 15.4. The molecule has 1 aromatic carbocycles. The van der Waals surface area contributed by atoms with Gasteiger partial charge in [0.2, 0.25) is 10.0 Å². The van der Waals surface area contributed by atoms with Gasteiger partial charge in [0.1, 0.15) is 12.1 Å². The summed E-state index contributed by atoms with van der Waals surface area (Å²) in [5, 5.41) is 8.24. The Labute approximate surface area is 124 Å². The van der Waals surface area contributed by atoms with Gasteiger partial charge in [-0.05, 0) is 23.6 Å². The number of primary sulfonamides is 1. The summed E-state index contributed by atoms with van der Waals surface area (Å²) in [5.74, 6) is 1.08. The summed E-state index contributed by atoms with van der Waals surface area (Å²) >= 11 is 0. The molecule has 0 fully saturated rings. The molecule has 1 heterocycles. The number of hydrogen-bond acceptors (Lipinski definition) is 5. The number of hydrogen-bond donors (Lipinski definition) is 2. The first-order chi connectivity index (χ1) is 9.86. The van der Waals surface area contributed by atoms with Gasteiger partial charge < -0.3 is 5.32 Å². The van der Waals surface area contributed by atoms with Gasteiger partial charge in [-0.1, -0.05) is 26.0 Å². The Hall–Kier alpha value is -1.99. The molecular weight excluding hydrogens is 288 g/mol. The predicted octanol–water partition coefficient (Wildman–Crippen LogP) is 1.86. The molecule has 0 amide bonds. The summed E-state index contributed by atoms with van der Waals surface area (Å²) < 4.78 is 22.3. The van der Waals surface area contributed by atoms with E-state index >= 15 is 0 Å². The topological polar surface area (TPSA) is 98.0 Å². The maximum Gasteiger partial charge on any atom is 0.238 e. The van der Waals surface area contributed by atoms with E-state index in [1.807, 2.05) is 6.07 Å². The third-order valence-electron chi connectivity index (χ3n) is 3.01. The van der Waals surface area contributed by atoms with Crippen LogP contribution in [-0.2, 0) is 16.6 Å². The zero-order chi connectivity index (χ0) is 15.5. The Bertz CT molecular complexity index is 712. The Balaban J connectivity index is 2.05. The lowest BCUT2D eigenvalue weighted by molar-refractivity contribution is 0.598. The predicted molar refractivity (Wildman–Crippen MR) is 81.3 cm³/mol. The molecule has 0 aliphatic rings. The summed E-state index contributed by atoms with van der Waals surface area (Å²) in [6.45, 7) is 4.68. The van der Waals surface area contributed by atoms with Crippen molar-refractivity contribution in [2.75, 3.05) is 5.32 Å². The van der Waals surface area contributed by atoms with Gasteiger partial charge >= 0.3 is 0 Å². The molecule has 2 aromatic rings. The van der Waals surface area contributed by atoms with Crippen LogP contribution in [0.5, 0.6) is 0 Å². The standard InChI is InChI=1S/C14H18N4O2S/c1-10(2)13-7-14(18-9-17-13)16-8-11-3-5-12(6-4-11)21(15,19)20/h3-7,9-10H,8H2,1-2H3,(H2,15,19,20)(H,16,17,18). The van der Waals surface area contributed by atoms with Crippen LogP contribution in [0, 0.1) is 0 Å². The van der Waals surface area contributed by atoms with Crippen LogP contribution in [0.15, 0.2) is 41.6 Å². The number of aromatic nitrogens is 2. The average molecular weight is 306 g/mol. The van der Waals surface area contributed by atoms with Crippen LogP contribution in [-0.4, -0.2) is 18.4 Å². The van der Waals surface area contributed by atoms with Crippen LogP contribution >= 0.6 is 0 Å². The quantitative estimate of drug-likeness (QED) is 0.878. The summed E-state index contributed by atoms with van der Waals surface area (Å²) in [5.41, 5.74) is 1.91. The summed E-state index contributed by atoms with van der Waals surface area (Å²) in [6, 6.07) is 8.33. The normalized spacial score (nSPS) is 11.6. The van der Waals surface area contributed by atoms with Crippen LogP contribution in [0.25, 0.3) is 0 Å². The molecule has 0 aliphatic heterocycles. The van der Waals surface area contributed by atoms with Gasteiger partial charge in [-0.25, -0.2) is 23.5 Å². The van der Waals surface area contributed by atoms with Gasteiger partial charge in [0.15, 0.2) is 0 Å². The molecule has 7 heteroatoms. The first-order valence-corrected chi connectivity index (χ1v) is 8.08. The fourth-order valence-corrected chi connectivity index (χ4v) is 2.29. The van der Waals surface area contributed by atoms with Crippen molar-refractivity contribution in [3.05, 3.63) is 47.9 Å². The Kier molecular flexibility index (Phi) is 4.54. The van der Waals surface area contributed by atoms with Gasteiger partial charge in [0, 0.05) is 18.3 Å². The molecule has 0 atom stereocenters. The van der Waals surface area contributed by atoms with Gasteiger partial charge in [-0.15, -0.1) is 0 Å². The van der Waals surface area contributed by atoms with E-state index in [4.69, 9.17) is 5.14 Å². The second kappa shape index (κ2) is 6.19. The van der Waals surface area contributed by atoms with Crippen LogP contribution in [0.2, 0.25) is 0 Å². The summed E-state index contributed by atoms with van der Waals surface area (Å²) in [6.07, 6.45) is 1.53. The van der Waals surface area contributed by atoms with Crippen molar-refractivity contribution in [3.8, 4) is 0 Å². The molecule has 6 nitrogen and oxygen atoms in total. The molecule has 0 aliphatic carbocycles. The van der Waals surface area contributed by atoms with E-state index in [-0.39, 0.29) is 4.90 Å². The van der Waals surface area contributed by atoms with Crippen LogP contribution in [0.4, 0.5) is 5.82 Å². The lowest BCUT2D eigenvalue weighted by Gasteiger charge is -2.09. The van der Waals surface area contributed by atoms with Crippen molar-refractivity contribution in [2.24, 2.45) is 5.14 Å². The van der Waals surface area contributed by atoms with E-state index in [0.717, 1.165) is 17.1 Å². The van der Waals surface area contributed by atoms with Crippen molar-refractivity contribution < 1.29 is 8.42 Å². The van der Waals surface area contributed by atoms with Crippen LogP contribution < -0.4 is 10.5 Å². The third kappa shape index (κ3) is 4.24. The second-order valence-electron chi connectivity index (χ2n) is 5.03. The Morgan fingerprint density at radius 1 is 1.19 bits per heavy atom. The highest BCUT2D eigenvalue weighted by molar-refractivity contribution is 7.89. The zero-order valence-corrected chi connectivity index (χ0v) is 12.8. The molecule has 0 spiro atoms. The molecule has 1 aromatic heterocycles. The molecule has 0 bridgehead atoms. The number of benzene rings is 1. The molecule has 3 N–H and O–H groups in total. The number of nitrogens with one attached hydrogen (secondary N) is 1. The number of anilines is 1. The highest BCUT2D eigenvalue weighted by atomic mass is 32.2. The smallest absolute Gasteiger partial charge is 0.238 e. The van der Waals surface area contributed by atoms with Gasteiger partial charge in [-0.3, -0.25) is 0 Å². The number of rotatable bonds is 5. The molecular formula is C14H18N4O2S. The second-order valence-corrected chi connectivity index (χ2v) is 6.59. The average Bonchev–Trinajstić information content (AvgIpc) is 2.45. The monoisotopic (exact) mass is 306 g/mol. The first-order valence-electron chi connectivity index (χ1n) is 6.54. The Morgan fingerprint density at radius 2 is 1.86 bits per heavy atom. The maximum absolute atomic E-state index is 11.2. The van der Waals surface area contributed by atoms with Gasteiger partial charge in [0.05, 0.1) is 4.90 Å². The van der Waals surface area contributed by atoms with E-state index in [1.54, 1.807) is 12.1 Å². The Morgan fingerprint density at radius 3 is 2.43 bits per heavy atom. The highest BCUT2D eigenvalue weighted by Gasteiger charge is 2.07. The largest absolute Gasteiger partial charge is 0.366 e. The molecule has 0 saturated heterocycles. The van der Waals surface area contributed by atoms with Crippen molar-refractivity contribution >= 4 is 15.8 Å². The fraction of sp³-hybridized carbons (Fsp3) is 0.286. The third-order valence-corrected chi connectivity index (χ3v) is 3.93. The van der Waals surface area contributed by atoms with Gasteiger partial charge in [-0.2, -0.15) is 0 Å². The van der Waals surface area contributed by atoms with Crippen molar-refractivity contribution in [3.63, 3.8) is 0 Å². The van der Waals surface area contributed by atoms with Crippen molar-refractivity contribution in [1.29, 1.82) is 0 Å². The summed E-state index contributed by atoms with van der Waals surface area (Å²) in [4.78, 5) is 8.46. The van der Waals surface area contributed by atoms with Crippen LogP contribution in [0.3, 0.4) is 0 Å². The molecule has 0 radical (unpaired) electrons. The molecule has 0 saturated carbocycles. The fourth-order valence-electron chi connectivity index (χ4n) is 1.77. The SMILES string of the molecule is CC(C)c1cc(NCc2ccc(S(N)(=O)=O)cc2)ncn1. The van der Waals surface area contributed by atoms with Crippen LogP contribution in [0.1, 0.15) is 31.0 Å². The highest BCUT2D eigenvalue weighted by Crippen LogP contribution is 2.15. The van der Waals surface area contributed by atoms with E-state index in [9.17, 15) is 8.42 Å². The number of nitrogens with zero attached hydrogens (tertiary/aromatic N) is 2. The molecule has 21 heavy (non-hydrogen) atoms. The minimum Gasteiger partial charge on any atom is -0.366 e. The zero-order valence-electron chi connectivity index (χ0n) is 11.9. The lowest BCUT2D eigenvalue weighted by atomic mass is 10.1. The van der Waals surface area contributed by atoms with E-state index in [2.05, 4.69) is 29.1 Å². The van der Waals surface area contributed by atoms with Crippen molar-refractivity contribution in [1.82, 2.24) is 9.97 Å². The number of sulfonamides is 1. The van der Waals surface area contributed by atoms with E-state index in [0.29, 0.717) is 12.5 Å². The minimum absolute atomic E-state index is 0.107. The minimum atomic E-state index is -3.64.